The van der Waals surface area contributed by atoms with Crippen LogP contribution in [0.25, 0.3) is 11.0 Å². The van der Waals surface area contributed by atoms with E-state index in [0.29, 0.717) is 11.5 Å². The van der Waals surface area contributed by atoms with E-state index in [-0.39, 0.29) is 0 Å². The van der Waals surface area contributed by atoms with Crippen molar-refractivity contribution in [3.8, 4) is 11.5 Å². The van der Waals surface area contributed by atoms with Crippen LogP contribution in [0.3, 0.4) is 0 Å². The maximum atomic E-state index is 5.75. The van der Waals surface area contributed by atoms with E-state index in [1.165, 1.54) is 0 Å². The Morgan fingerprint density at radius 3 is 2.94 bits per heavy atom. The first kappa shape index (κ1) is 11.2. The molecule has 90 valence electrons. The van der Waals surface area contributed by atoms with E-state index >= 15 is 0 Å². The molecule has 0 atom stereocenters. The first-order valence-electron chi connectivity index (χ1n) is 5.29. The predicted octanol–water partition coefficient (Wildman–Crippen LogP) is 2.92. The fourth-order valence-electron chi connectivity index (χ4n) is 1.64. The number of hydrogen-bond acceptors (Lipinski definition) is 4. The predicted molar refractivity (Wildman–Crippen MR) is 70.5 cm³/mol. The molecule has 6 heteroatoms. The van der Waals surface area contributed by atoms with Crippen molar-refractivity contribution in [2.75, 3.05) is 0 Å². The third-order valence-electron chi connectivity index (χ3n) is 2.42. The molecule has 0 unspecified atom stereocenters. The number of pyridine rings is 2. The van der Waals surface area contributed by atoms with Crippen LogP contribution in [-0.4, -0.2) is 19.7 Å². The summed E-state index contributed by atoms with van der Waals surface area (Å²) in [4.78, 5) is 8.58. The summed E-state index contributed by atoms with van der Waals surface area (Å²) in [5, 5.41) is 4.06. The zero-order valence-corrected chi connectivity index (χ0v) is 11.1. The molecule has 0 saturated heterocycles. The number of rotatable bonds is 2. The van der Waals surface area contributed by atoms with Gasteiger partial charge < -0.3 is 4.74 Å². The molecule has 0 amide bonds. The van der Waals surface area contributed by atoms with Gasteiger partial charge in [-0.3, -0.25) is 9.67 Å². The Labute approximate surface area is 112 Å². The first-order chi connectivity index (χ1) is 8.72. The highest BCUT2D eigenvalue weighted by Gasteiger charge is 2.07. The smallest absolute Gasteiger partial charge is 0.165 e. The lowest BCUT2D eigenvalue weighted by Crippen LogP contribution is -1.89. The average molecular weight is 305 g/mol. The minimum atomic E-state index is 0.667. The average Bonchev–Trinajstić information content (AvgIpc) is 2.75. The van der Waals surface area contributed by atoms with Crippen molar-refractivity contribution in [1.29, 1.82) is 0 Å². The van der Waals surface area contributed by atoms with Crippen LogP contribution in [0.5, 0.6) is 11.5 Å². The summed E-state index contributed by atoms with van der Waals surface area (Å²) in [6, 6.07) is 3.69. The van der Waals surface area contributed by atoms with Gasteiger partial charge in [-0.15, -0.1) is 0 Å². The van der Waals surface area contributed by atoms with Crippen molar-refractivity contribution in [3.63, 3.8) is 0 Å². The van der Waals surface area contributed by atoms with Crippen molar-refractivity contribution in [2.45, 2.75) is 0 Å². The highest BCUT2D eigenvalue weighted by molar-refractivity contribution is 9.10. The third-order valence-corrected chi connectivity index (χ3v) is 2.85. The summed E-state index contributed by atoms with van der Waals surface area (Å²) < 4.78 is 8.32. The van der Waals surface area contributed by atoms with Crippen molar-refractivity contribution < 1.29 is 4.74 Å². The molecule has 0 bridgehead atoms. The number of fused-ring (bicyclic) bond motifs is 1. The lowest BCUT2D eigenvalue weighted by atomic mass is 10.3. The molecule has 0 N–H and O–H groups in total. The Kier molecular flexibility index (Phi) is 2.71. The highest BCUT2D eigenvalue weighted by Crippen LogP contribution is 2.27. The van der Waals surface area contributed by atoms with E-state index in [1.807, 2.05) is 13.1 Å². The standard InChI is InChI=1S/C12H9BrN4O/c1-17-7-9(6-16-17)18-11-2-3-14-10-4-8(13)5-15-12(10)11/h2-7H,1H3. The van der Waals surface area contributed by atoms with Gasteiger partial charge in [0.2, 0.25) is 0 Å². The number of nitrogens with zero attached hydrogens (tertiary/aromatic N) is 4. The van der Waals surface area contributed by atoms with Gasteiger partial charge in [-0.25, -0.2) is 4.98 Å². The molecular formula is C12H9BrN4O. The maximum absolute atomic E-state index is 5.75. The van der Waals surface area contributed by atoms with E-state index in [9.17, 15) is 0 Å². The molecule has 3 aromatic heterocycles. The second-order valence-electron chi connectivity index (χ2n) is 3.78. The SMILES string of the molecule is Cn1cc(Oc2ccnc3cc(Br)cnc23)cn1. The van der Waals surface area contributed by atoms with Gasteiger partial charge in [0.1, 0.15) is 5.52 Å². The molecular weight excluding hydrogens is 296 g/mol. The van der Waals surface area contributed by atoms with Gasteiger partial charge >= 0.3 is 0 Å². The molecule has 0 aliphatic heterocycles. The van der Waals surface area contributed by atoms with Crippen LogP contribution in [0.1, 0.15) is 0 Å². The first-order valence-corrected chi connectivity index (χ1v) is 6.08. The molecule has 3 heterocycles. The summed E-state index contributed by atoms with van der Waals surface area (Å²) in [5.74, 6) is 1.34. The van der Waals surface area contributed by atoms with Crippen LogP contribution in [0.2, 0.25) is 0 Å². The molecule has 0 aliphatic carbocycles. The Hall–Kier alpha value is -1.95. The summed E-state index contributed by atoms with van der Waals surface area (Å²) in [7, 11) is 1.84. The van der Waals surface area contributed by atoms with Crippen molar-refractivity contribution in [2.24, 2.45) is 7.05 Å². The van der Waals surface area contributed by atoms with Crippen LogP contribution in [0.4, 0.5) is 0 Å². The van der Waals surface area contributed by atoms with Crippen molar-refractivity contribution >= 4 is 27.0 Å². The van der Waals surface area contributed by atoms with Crippen molar-refractivity contribution in [3.05, 3.63) is 41.4 Å². The van der Waals surface area contributed by atoms with Gasteiger partial charge in [0, 0.05) is 30.0 Å². The van der Waals surface area contributed by atoms with E-state index in [0.717, 1.165) is 15.5 Å². The Bertz CT molecular complexity index is 710. The molecule has 3 rings (SSSR count). The van der Waals surface area contributed by atoms with Crippen molar-refractivity contribution in [1.82, 2.24) is 19.7 Å². The molecule has 0 spiro atoms. The number of aromatic nitrogens is 4. The number of hydrogen-bond donors (Lipinski definition) is 0. The summed E-state index contributed by atoms with van der Waals surface area (Å²) in [5.41, 5.74) is 1.51. The summed E-state index contributed by atoms with van der Waals surface area (Å²) in [6.45, 7) is 0. The Balaban J connectivity index is 2.06. The lowest BCUT2D eigenvalue weighted by molar-refractivity contribution is 0.486. The zero-order valence-electron chi connectivity index (χ0n) is 9.54. The number of halogens is 1. The van der Waals surface area contributed by atoms with Gasteiger partial charge in [0.25, 0.3) is 0 Å². The van der Waals surface area contributed by atoms with E-state index < -0.39 is 0 Å². The quantitative estimate of drug-likeness (QED) is 0.730. The van der Waals surface area contributed by atoms with Gasteiger partial charge in [-0.05, 0) is 22.0 Å². The zero-order chi connectivity index (χ0) is 12.5. The number of aryl methyl sites for hydroxylation is 1. The fourth-order valence-corrected chi connectivity index (χ4v) is 1.96. The molecule has 3 aromatic rings. The van der Waals surface area contributed by atoms with E-state index in [4.69, 9.17) is 4.74 Å². The normalized spacial score (nSPS) is 10.8. The van der Waals surface area contributed by atoms with Gasteiger partial charge in [0.15, 0.2) is 11.5 Å². The highest BCUT2D eigenvalue weighted by atomic mass is 79.9. The third kappa shape index (κ3) is 2.06. The molecule has 5 nitrogen and oxygen atoms in total. The van der Waals surface area contributed by atoms with Gasteiger partial charge in [-0.1, -0.05) is 0 Å². The number of ether oxygens (including phenoxy) is 1. The maximum Gasteiger partial charge on any atom is 0.165 e. The minimum Gasteiger partial charge on any atom is -0.452 e. The van der Waals surface area contributed by atoms with Gasteiger partial charge in [-0.2, -0.15) is 5.10 Å². The fraction of sp³-hybridized carbons (Fsp3) is 0.0833. The van der Waals surface area contributed by atoms with Crippen LogP contribution < -0.4 is 4.74 Å². The minimum absolute atomic E-state index is 0.667. The van der Waals surface area contributed by atoms with Crippen LogP contribution >= 0.6 is 15.9 Å². The van der Waals surface area contributed by atoms with Crippen LogP contribution in [-0.2, 0) is 7.05 Å². The lowest BCUT2D eigenvalue weighted by Gasteiger charge is -2.05. The Morgan fingerprint density at radius 1 is 1.28 bits per heavy atom. The molecule has 0 aromatic carbocycles. The van der Waals surface area contributed by atoms with Crippen LogP contribution in [0, 0.1) is 0 Å². The molecule has 18 heavy (non-hydrogen) atoms. The molecule has 0 saturated carbocycles. The largest absolute Gasteiger partial charge is 0.452 e. The molecule has 0 aliphatic rings. The summed E-state index contributed by atoms with van der Waals surface area (Å²) in [6.07, 6.45) is 6.87. The molecule has 0 radical (unpaired) electrons. The Morgan fingerprint density at radius 2 is 2.17 bits per heavy atom. The van der Waals surface area contributed by atoms with E-state index in [1.54, 1.807) is 35.5 Å². The topological polar surface area (TPSA) is 52.8 Å². The second kappa shape index (κ2) is 4.38. The van der Waals surface area contributed by atoms with Gasteiger partial charge in [0.05, 0.1) is 17.9 Å². The van der Waals surface area contributed by atoms with Crippen LogP contribution in [0.15, 0.2) is 41.4 Å². The van der Waals surface area contributed by atoms with E-state index in [2.05, 4.69) is 31.0 Å². The monoisotopic (exact) mass is 304 g/mol. The second-order valence-corrected chi connectivity index (χ2v) is 4.70. The molecule has 0 fully saturated rings. The summed E-state index contributed by atoms with van der Waals surface area (Å²) >= 11 is 3.37.